The molecule has 94 valence electrons. The fraction of sp³-hybridized carbons (Fsp3) is 0.533. The van der Waals surface area contributed by atoms with Gasteiger partial charge in [-0.15, -0.1) is 0 Å². The lowest BCUT2D eigenvalue weighted by Crippen LogP contribution is -2.04. The minimum Gasteiger partial charge on any atom is -0.496 e. The summed E-state index contributed by atoms with van der Waals surface area (Å²) < 4.78 is 5.52. The Balaban J connectivity index is 3.51. The van der Waals surface area contributed by atoms with Crippen molar-refractivity contribution in [2.75, 3.05) is 7.11 Å². The van der Waals surface area contributed by atoms with Crippen LogP contribution >= 0.6 is 0 Å². The van der Waals surface area contributed by atoms with Gasteiger partial charge in [0, 0.05) is 5.56 Å². The van der Waals surface area contributed by atoms with Gasteiger partial charge in [0.1, 0.15) is 5.75 Å². The van der Waals surface area contributed by atoms with E-state index in [1.165, 1.54) is 0 Å². The van der Waals surface area contributed by atoms with Crippen LogP contribution in [-0.4, -0.2) is 12.9 Å². The number of carbonyl (C=O) groups excluding carboxylic acids is 1. The molecule has 0 aliphatic heterocycles. The second kappa shape index (κ2) is 5.35. The highest BCUT2D eigenvalue weighted by Crippen LogP contribution is 2.35. The van der Waals surface area contributed by atoms with Crippen LogP contribution in [0.4, 0.5) is 0 Å². The Hall–Kier alpha value is -1.31. The summed E-state index contributed by atoms with van der Waals surface area (Å²) in [6.07, 6.45) is 0. The number of hydrogen-bond acceptors (Lipinski definition) is 2. The van der Waals surface area contributed by atoms with Crippen LogP contribution in [0.2, 0.25) is 0 Å². The smallest absolute Gasteiger partial charge is 0.159 e. The molecule has 0 heterocycles. The quantitative estimate of drug-likeness (QED) is 0.732. The summed E-state index contributed by atoms with van der Waals surface area (Å²) in [5.74, 6) is 1.74. The average Bonchev–Trinajstić information content (AvgIpc) is 2.26. The van der Waals surface area contributed by atoms with E-state index in [0.29, 0.717) is 11.8 Å². The van der Waals surface area contributed by atoms with E-state index >= 15 is 0 Å². The zero-order valence-electron chi connectivity index (χ0n) is 11.6. The molecule has 1 aromatic carbocycles. The molecule has 0 amide bonds. The average molecular weight is 234 g/mol. The van der Waals surface area contributed by atoms with E-state index in [0.717, 1.165) is 22.4 Å². The molecule has 0 radical (unpaired) electrons. The molecule has 17 heavy (non-hydrogen) atoms. The highest BCUT2D eigenvalue weighted by molar-refractivity contribution is 5.94. The summed E-state index contributed by atoms with van der Waals surface area (Å²) in [6, 6.07) is 3.91. The van der Waals surface area contributed by atoms with Crippen molar-refractivity contribution < 1.29 is 9.53 Å². The molecule has 0 N–H and O–H groups in total. The monoisotopic (exact) mass is 234 g/mol. The summed E-state index contributed by atoms with van der Waals surface area (Å²) >= 11 is 0. The van der Waals surface area contributed by atoms with Gasteiger partial charge in [0.05, 0.1) is 7.11 Å². The van der Waals surface area contributed by atoms with Gasteiger partial charge in [0.25, 0.3) is 0 Å². The van der Waals surface area contributed by atoms with Crippen molar-refractivity contribution in [3.8, 4) is 5.75 Å². The molecule has 0 fully saturated rings. The van der Waals surface area contributed by atoms with Crippen molar-refractivity contribution in [3.63, 3.8) is 0 Å². The van der Waals surface area contributed by atoms with Crippen LogP contribution in [0.15, 0.2) is 12.1 Å². The van der Waals surface area contributed by atoms with Crippen molar-refractivity contribution in [1.82, 2.24) is 0 Å². The van der Waals surface area contributed by atoms with Crippen molar-refractivity contribution in [3.05, 3.63) is 28.8 Å². The minimum atomic E-state index is 0.108. The summed E-state index contributed by atoms with van der Waals surface area (Å²) in [7, 11) is 1.69. The third kappa shape index (κ3) is 2.87. The molecule has 0 atom stereocenters. The van der Waals surface area contributed by atoms with Crippen LogP contribution in [-0.2, 0) is 0 Å². The zero-order valence-corrected chi connectivity index (χ0v) is 11.6. The number of rotatable bonds is 4. The molecular weight excluding hydrogens is 212 g/mol. The third-order valence-electron chi connectivity index (χ3n) is 3.00. The molecule has 0 aromatic heterocycles. The summed E-state index contributed by atoms with van der Waals surface area (Å²) in [4.78, 5) is 11.6. The Morgan fingerprint density at radius 3 is 1.71 bits per heavy atom. The molecule has 1 rings (SSSR count). The first-order valence-corrected chi connectivity index (χ1v) is 6.11. The molecule has 0 spiro atoms. The van der Waals surface area contributed by atoms with Crippen molar-refractivity contribution in [2.45, 2.75) is 46.5 Å². The maximum Gasteiger partial charge on any atom is 0.159 e. The minimum absolute atomic E-state index is 0.108. The second-order valence-electron chi connectivity index (χ2n) is 5.05. The maximum absolute atomic E-state index is 11.6. The Bertz CT molecular complexity index is 388. The van der Waals surface area contributed by atoms with Crippen LogP contribution in [0.3, 0.4) is 0 Å². The third-order valence-corrected chi connectivity index (χ3v) is 3.00. The van der Waals surface area contributed by atoms with E-state index in [4.69, 9.17) is 4.74 Å². The van der Waals surface area contributed by atoms with Crippen molar-refractivity contribution >= 4 is 5.78 Å². The van der Waals surface area contributed by atoms with Gasteiger partial charge in [0.2, 0.25) is 0 Å². The number of benzene rings is 1. The van der Waals surface area contributed by atoms with Gasteiger partial charge in [-0.25, -0.2) is 0 Å². The maximum atomic E-state index is 11.6. The Morgan fingerprint density at radius 1 is 1.06 bits per heavy atom. The zero-order chi connectivity index (χ0) is 13.2. The Kier molecular flexibility index (Phi) is 4.33. The summed E-state index contributed by atoms with van der Waals surface area (Å²) in [5.41, 5.74) is 3.01. The number of Topliss-reactive ketones (excluding diaryl/α,β-unsaturated/α-hetero) is 1. The van der Waals surface area contributed by atoms with Gasteiger partial charge in [0.15, 0.2) is 5.78 Å². The molecule has 1 aromatic rings. The Morgan fingerprint density at radius 2 is 1.47 bits per heavy atom. The van der Waals surface area contributed by atoms with Gasteiger partial charge in [-0.2, -0.15) is 0 Å². The van der Waals surface area contributed by atoms with Gasteiger partial charge in [-0.1, -0.05) is 27.7 Å². The van der Waals surface area contributed by atoms with Crippen LogP contribution in [0.1, 0.15) is 67.9 Å². The fourth-order valence-corrected chi connectivity index (χ4v) is 1.97. The number of ketones is 1. The van der Waals surface area contributed by atoms with Gasteiger partial charge >= 0.3 is 0 Å². The first-order chi connectivity index (χ1) is 7.88. The van der Waals surface area contributed by atoms with Gasteiger partial charge in [-0.3, -0.25) is 4.79 Å². The highest BCUT2D eigenvalue weighted by atomic mass is 16.5. The first kappa shape index (κ1) is 13.8. The van der Waals surface area contributed by atoms with Crippen LogP contribution in [0.25, 0.3) is 0 Å². The van der Waals surface area contributed by atoms with E-state index in [1.54, 1.807) is 14.0 Å². The number of methoxy groups -OCH3 is 1. The summed E-state index contributed by atoms with van der Waals surface area (Å²) in [6.45, 7) is 10.1. The van der Waals surface area contributed by atoms with Crippen molar-refractivity contribution in [2.24, 2.45) is 0 Å². The molecule has 2 heteroatoms. The van der Waals surface area contributed by atoms with Crippen molar-refractivity contribution in [1.29, 1.82) is 0 Å². The van der Waals surface area contributed by atoms with E-state index in [-0.39, 0.29) is 5.78 Å². The lowest BCUT2D eigenvalue weighted by Gasteiger charge is -2.19. The molecular formula is C15H22O2. The lowest BCUT2D eigenvalue weighted by atomic mass is 9.90. The largest absolute Gasteiger partial charge is 0.496 e. The normalized spacial score (nSPS) is 11.1. The van der Waals surface area contributed by atoms with E-state index in [2.05, 4.69) is 27.7 Å². The lowest BCUT2D eigenvalue weighted by molar-refractivity contribution is 0.101. The molecule has 0 saturated carbocycles. The first-order valence-electron chi connectivity index (χ1n) is 6.11. The topological polar surface area (TPSA) is 26.3 Å². The fourth-order valence-electron chi connectivity index (χ4n) is 1.97. The number of ether oxygens (including phenoxy) is 1. The molecule has 0 unspecified atom stereocenters. The molecule has 0 aliphatic carbocycles. The predicted molar refractivity (Wildman–Crippen MR) is 71.2 cm³/mol. The second-order valence-corrected chi connectivity index (χ2v) is 5.05. The van der Waals surface area contributed by atoms with Crippen LogP contribution < -0.4 is 4.74 Å². The van der Waals surface area contributed by atoms with E-state index in [9.17, 15) is 4.79 Å². The molecule has 0 bridgehead atoms. The summed E-state index contributed by atoms with van der Waals surface area (Å²) in [5, 5.41) is 0. The molecule has 2 nitrogen and oxygen atoms in total. The SMILES string of the molecule is COc1c(C(C)C)cc(C(C)=O)cc1C(C)C. The molecule has 0 aliphatic rings. The van der Waals surface area contributed by atoms with E-state index < -0.39 is 0 Å². The molecule has 0 saturated heterocycles. The standard InChI is InChI=1S/C15H22O2/c1-9(2)13-7-12(11(5)16)8-14(10(3)4)15(13)17-6/h7-10H,1-6H3. The Labute approximate surface area is 104 Å². The van der Waals surface area contributed by atoms with E-state index in [1.807, 2.05) is 12.1 Å². The van der Waals surface area contributed by atoms with Gasteiger partial charge in [-0.05, 0) is 42.0 Å². The van der Waals surface area contributed by atoms with Gasteiger partial charge < -0.3 is 4.74 Å². The highest BCUT2D eigenvalue weighted by Gasteiger charge is 2.17. The van der Waals surface area contributed by atoms with Crippen LogP contribution in [0.5, 0.6) is 5.75 Å². The number of hydrogen-bond donors (Lipinski definition) is 0. The van der Waals surface area contributed by atoms with Crippen LogP contribution in [0, 0.1) is 0 Å². The predicted octanol–water partition coefficient (Wildman–Crippen LogP) is 4.14. The number of carbonyl (C=O) groups is 1.